The Bertz CT molecular complexity index is 1220. The molecule has 0 radical (unpaired) electrons. The van der Waals surface area contributed by atoms with Gasteiger partial charge in [0.05, 0.1) is 17.8 Å². The molecule has 3 aromatic heterocycles. The molecule has 0 aliphatic heterocycles. The third kappa shape index (κ3) is 4.98. The Morgan fingerprint density at radius 3 is 2.55 bits per heavy atom. The summed E-state index contributed by atoms with van der Waals surface area (Å²) < 4.78 is 0. The summed E-state index contributed by atoms with van der Waals surface area (Å²) in [4.78, 5) is 25.8. The molecular weight excluding hydrogens is 416 g/mol. The molecule has 4 N–H and O–H groups in total. The first-order valence-electron chi connectivity index (χ1n) is 10.6. The standard InChI is InChI=1S/C24H26N8O/c1-24(2,20-11-14-29-32-20)16-6-8-17(9-7-16)30-22(33)19-5-4-12-26-21(19)28-15-18-10-13-27-23(25-3)31-18/h4-14H,15H2,1-3H3,(H,26,28)(H,29,32)(H,30,33)(H,25,27,31). The van der Waals surface area contributed by atoms with Gasteiger partial charge in [-0.3, -0.25) is 9.89 Å². The van der Waals surface area contributed by atoms with Crippen LogP contribution in [0.15, 0.2) is 67.1 Å². The SMILES string of the molecule is CNc1nccc(CNc2ncccc2C(=O)Nc2ccc(C(C)(C)c3ccn[nH]3)cc2)n1. The van der Waals surface area contributed by atoms with Crippen molar-refractivity contribution in [2.75, 3.05) is 23.0 Å². The van der Waals surface area contributed by atoms with Crippen molar-refractivity contribution >= 4 is 23.4 Å². The lowest BCUT2D eigenvalue weighted by Gasteiger charge is -2.24. The number of carbonyl (C=O) groups excluding carboxylic acids is 1. The summed E-state index contributed by atoms with van der Waals surface area (Å²) in [5, 5.41) is 16.1. The Labute approximate surface area is 192 Å². The van der Waals surface area contributed by atoms with Gasteiger partial charge < -0.3 is 16.0 Å². The van der Waals surface area contributed by atoms with E-state index in [1.807, 2.05) is 36.4 Å². The summed E-state index contributed by atoms with van der Waals surface area (Å²) in [5.41, 5.74) is 3.83. The van der Waals surface area contributed by atoms with Crippen LogP contribution in [0.4, 0.5) is 17.5 Å². The van der Waals surface area contributed by atoms with Crippen LogP contribution >= 0.6 is 0 Å². The van der Waals surface area contributed by atoms with Crippen molar-refractivity contribution in [3.8, 4) is 0 Å². The second kappa shape index (κ2) is 9.47. The minimum Gasteiger partial charge on any atom is -0.364 e. The topological polar surface area (TPSA) is 121 Å². The monoisotopic (exact) mass is 442 g/mol. The lowest BCUT2D eigenvalue weighted by Crippen LogP contribution is -2.20. The van der Waals surface area contributed by atoms with E-state index in [9.17, 15) is 4.79 Å². The van der Waals surface area contributed by atoms with Crippen molar-refractivity contribution < 1.29 is 4.79 Å². The summed E-state index contributed by atoms with van der Waals surface area (Å²) in [5.74, 6) is 0.772. The van der Waals surface area contributed by atoms with Gasteiger partial charge in [-0.2, -0.15) is 5.10 Å². The first kappa shape index (κ1) is 21.9. The number of nitrogens with zero attached hydrogens (tertiary/aromatic N) is 4. The maximum absolute atomic E-state index is 13.0. The van der Waals surface area contributed by atoms with Crippen LogP contribution in [0.5, 0.6) is 0 Å². The summed E-state index contributed by atoms with van der Waals surface area (Å²) in [6.07, 6.45) is 5.07. The minimum atomic E-state index is -0.246. The normalized spacial score (nSPS) is 11.1. The molecule has 0 unspecified atom stereocenters. The molecule has 0 aliphatic rings. The predicted molar refractivity (Wildman–Crippen MR) is 128 cm³/mol. The van der Waals surface area contributed by atoms with Crippen molar-refractivity contribution in [1.29, 1.82) is 0 Å². The molecule has 4 aromatic rings. The van der Waals surface area contributed by atoms with Gasteiger partial charge in [0.15, 0.2) is 0 Å². The molecule has 4 rings (SSSR count). The van der Waals surface area contributed by atoms with Gasteiger partial charge in [0.25, 0.3) is 5.91 Å². The van der Waals surface area contributed by atoms with E-state index in [-0.39, 0.29) is 11.3 Å². The highest BCUT2D eigenvalue weighted by Gasteiger charge is 2.24. The maximum atomic E-state index is 13.0. The fourth-order valence-corrected chi connectivity index (χ4v) is 3.45. The zero-order valence-corrected chi connectivity index (χ0v) is 18.8. The minimum absolute atomic E-state index is 0.229. The van der Waals surface area contributed by atoms with Gasteiger partial charge in [-0.05, 0) is 42.0 Å². The van der Waals surface area contributed by atoms with Crippen molar-refractivity contribution in [2.45, 2.75) is 25.8 Å². The van der Waals surface area contributed by atoms with Crippen LogP contribution in [-0.4, -0.2) is 38.1 Å². The van der Waals surface area contributed by atoms with Crippen LogP contribution in [0.3, 0.4) is 0 Å². The van der Waals surface area contributed by atoms with Gasteiger partial charge in [0.2, 0.25) is 5.95 Å². The van der Waals surface area contributed by atoms with E-state index in [1.54, 1.807) is 37.8 Å². The molecule has 168 valence electrons. The average Bonchev–Trinajstić information content (AvgIpc) is 3.39. The third-order valence-corrected chi connectivity index (χ3v) is 5.46. The number of benzene rings is 1. The van der Waals surface area contributed by atoms with E-state index in [2.05, 4.69) is 54.9 Å². The van der Waals surface area contributed by atoms with Crippen molar-refractivity contribution in [2.24, 2.45) is 0 Å². The van der Waals surface area contributed by atoms with Crippen LogP contribution in [0.25, 0.3) is 0 Å². The number of nitrogens with one attached hydrogen (secondary N) is 4. The van der Waals surface area contributed by atoms with E-state index in [0.717, 1.165) is 17.0 Å². The lowest BCUT2D eigenvalue weighted by molar-refractivity contribution is 0.102. The Kier molecular flexibility index (Phi) is 6.30. The highest BCUT2D eigenvalue weighted by atomic mass is 16.1. The number of pyridine rings is 1. The lowest BCUT2D eigenvalue weighted by atomic mass is 9.81. The molecule has 9 heteroatoms. The van der Waals surface area contributed by atoms with Crippen LogP contribution < -0.4 is 16.0 Å². The second-order valence-electron chi connectivity index (χ2n) is 8.00. The predicted octanol–water partition coefficient (Wildman–Crippen LogP) is 3.83. The Balaban J connectivity index is 1.45. The molecule has 33 heavy (non-hydrogen) atoms. The zero-order chi connectivity index (χ0) is 23.3. The molecule has 0 spiro atoms. The number of aromatic amines is 1. The number of rotatable bonds is 8. The summed E-state index contributed by atoms with van der Waals surface area (Å²) in [6.45, 7) is 4.66. The molecule has 0 saturated heterocycles. The fourth-order valence-electron chi connectivity index (χ4n) is 3.45. The van der Waals surface area contributed by atoms with Gasteiger partial charge in [-0.1, -0.05) is 26.0 Å². The third-order valence-electron chi connectivity index (χ3n) is 5.46. The molecule has 9 nitrogen and oxygen atoms in total. The quantitative estimate of drug-likeness (QED) is 0.327. The molecule has 0 aliphatic carbocycles. The van der Waals surface area contributed by atoms with Crippen molar-refractivity contribution in [3.05, 3.63) is 89.6 Å². The van der Waals surface area contributed by atoms with Crippen molar-refractivity contribution in [3.63, 3.8) is 0 Å². The molecular formula is C24H26N8O. The van der Waals surface area contributed by atoms with Gasteiger partial charge in [-0.25, -0.2) is 15.0 Å². The Hall–Kier alpha value is -4.27. The molecule has 1 aromatic carbocycles. The largest absolute Gasteiger partial charge is 0.364 e. The van der Waals surface area contributed by atoms with Crippen LogP contribution in [-0.2, 0) is 12.0 Å². The summed E-state index contributed by atoms with van der Waals surface area (Å²) >= 11 is 0. The molecule has 0 fully saturated rings. The van der Waals surface area contributed by atoms with Gasteiger partial charge >= 0.3 is 0 Å². The number of H-pyrrole nitrogens is 1. The van der Waals surface area contributed by atoms with Crippen LogP contribution in [0.2, 0.25) is 0 Å². The van der Waals surface area contributed by atoms with E-state index < -0.39 is 0 Å². The van der Waals surface area contributed by atoms with Gasteiger partial charge in [0.1, 0.15) is 5.82 Å². The number of amides is 1. The Morgan fingerprint density at radius 1 is 1.00 bits per heavy atom. The molecule has 0 saturated carbocycles. The van der Waals surface area contributed by atoms with Crippen LogP contribution in [0.1, 0.15) is 41.2 Å². The second-order valence-corrected chi connectivity index (χ2v) is 8.00. The average molecular weight is 443 g/mol. The summed E-state index contributed by atoms with van der Waals surface area (Å²) in [7, 11) is 1.76. The fraction of sp³-hybridized carbons (Fsp3) is 0.208. The Morgan fingerprint density at radius 2 is 1.82 bits per heavy atom. The van der Waals surface area contributed by atoms with E-state index in [1.165, 1.54) is 0 Å². The van der Waals surface area contributed by atoms with Gasteiger partial charge in [0, 0.05) is 42.4 Å². The first-order chi connectivity index (χ1) is 16.0. The van der Waals surface area contributed by atoms with Crippen molar-refractivity contribution in [1.82, 2.24) is 25.1 Å². The summed E-state index contributed by atoms with van der Waals surface area (Å²) in [6, 6.07) is 15.1. The number of aromatic nitrogens is 5. The van der Waals surface area contributed by atoms with E-state index in [0.29, 0.717) is 29.6 Å². The highest BCUT2D eigenvalue weighted by Crippen LogP contribution is 2.30. The zero-order valence-electron chi connectivity index (χ0n) is 18.8. The molecule has 1 amide bonds. The smallest absolute Gasteiger partial charge is 0.259 e. The molecule has 0 bridgehead atoms. The number of hydrogen-bond acceptors (Lipinski definition) is 7. The van der Waals surface area contributed by atoms with E-state index in [4.69, 9.17) is 0 Å². The highest BCUT2D eigenvalue weighted by molar-refractivity contribution is 6.07. The van der Waals surface area contributed by atoms with E-state index >= 15 is 0 Å². The number of anilines is 3. The molecule has 0 atom stereocenters. The maximum Gasteiger partial charge on any atom is 0.259 e. The first-order valence-corrected chi connectivity index (χ1v) is 10.6. The van der Waals surface area contributed by atoms with Crippen LogP contribution in [0, 0.1) is 0 Å². The number of carbonyl (C=O) groups is 1. The molecule has 3 heterocycles. The van der Waals surface area contributed by atoms with Gasteiger partial charge in [-0.15, -0.1) is 0 Å². The number of hydrogen-bond donors (Lipinski definition) is 4.